The van der Waals surface area contributed by atoms with Gasteiger partial charge in [-0.1, -0.05) is 6.58 Å². The third kappa shape index (κ3) is 8.23. The fourth-order valence-corrected chi connectivity index (χ4v) is 4.87. The van der Waals surface area contributed by atoms with Crippen molar-refractivity contribution in [3.8, 4) is 0 Å². The van der Waals surface area contributed by atoms with E-state index in [1.165, 1.54) is 12.1 Å². The normalized spacial score (nSPS) is 18.5. The molecule has 0 saturated carbocycles. The third-order valence-electron chi connectivity index (χ3n) is 7.20. The van der Waals surface area contributed by atoms with Gasteiger partial charge < -0.3 is 19.9 Å². The molecular weight excluding hydrogens is 507 g/mol. The molecule has 1 aromatic carbocycles. The van der Waals surface area contributed by atoms with E-state index < -0.39 is 11.7 Å². The van der Waals surface area contributed by atoms with Crippen LogP contribution in [0, 0.1) is 0 Å². The van der Waals surface area contributed by atoms with Crippen molar-refractivity contribution < 1.29 is 22.7 Å². The average molecular weight is 544 g/mol. The van der Waals surface area contributed by atoms with E-state index in [9.17, 15) is 18.0 Å². The molecule has 10 heteroatoms. The number of amides is 1. The lowest BCUT2D eigenvalue weighted by Crippen LogP contribution is -2.44. The van der Waals surface area contributed by atoms with Gasteiger partial charge >= 0.3 is 6.18 Å². The van der Waals surface area contributed by atoms with Crippen LogP contribution in [0.25, 0.3) is 0 Å². The number of imidazole rings is 1. The van der Waals surface area contributed by atoms with E-state index in [1.54, 1.807) is 18.5 Å². The van der Waals surface area contributed by atoms with Gasteiger partial charge in [0.15, 0.2) is 0 Å². The van der Waals surface area contributed by atoms with Gasteiger partial charge in [0.1, 0.15) is 11.9 Å². The molecule has 210 valence electrons. The van der Waals surface area contributed by atoms with Crippen molar-refractivity contribution in [1.82, 2.24) is 20.2 Å². The second kappa shape index (κ2) is 13.0. The molecule has 1 aromatic heterocycles. The SMILES string of the molecule is C=C(/C=C\C(=C/C)OC1CCN(c2ccc(C(F)(F)F)cc2)CC1)C(=O)NC1CCN(Cc2cnc[nH]2)CC1. The van der Waals surface area contributed by atoms with Gasteiger partial charge in [-0.15, -0.1) is 0 Å². The Morgan fingerprint density at radius 2 is 1.82 bits per heavy atom. The van der Waals surface area contributed by atoms with E-state index in [-0.39, 0.29) is 18.1 Å². The van der Waals surface area contributed by atoms with Gasteiger partial charge in [0.25, 0.3) is 5.91 Å². The molecular formula is C29H36F3N5O2. The van der Waals surface area contributed by atoms with E-state index >= 15 is 0 Å². The van der Waals surface area contributed by atoms with Crippen LogP contribution in [-0.4, -0.2) is 59.1 Å². The molecule has 2 N–H and O–H groups in total. The molecule has 2 fully saturated rings. The molecule has 2 saturated heterocycles. The lowest BCUT2D eigenvalue weighted by Gasteiger charge is -2.34. The van der Waals surface area contributed by atoms with Crippen LogP contribution in [0.4, 0.5) is 18.9 Å². The summed E-state index contributed by atoms with van der Waals surface area (Å²) in [5, 5.41) is 3.09. The minimum Gasteiger partial charge on any atom is -0.491 e. The molecule has 0 aliphatic carbocycles. The second-order valence-electron chi connectivity index (χ2n) is 10.00. The summed E-state index contributed by atoms with van der Waals surface area (Å²) in [4.78, 5) is 24.3. The van der Waals surface area contributed by atoms with Crippen LogP contribution >= 0.6 is 0 Å². The van der Waals surface area contributed by atoms with E-state index in [2.05, 4.69) is 31.7 Å². The zero-order chi connectivity index (χ0) is 27.8. The lowest BCUT2D eigenvalue weighted by atomic mass is 10.0. The van der Waals surface area contributed by atoms with Crippen LogP contribution in [0.5, 0.6) is 0 Å². The van der Waals surface area contributed by atoms with Gasteiger partial charge in [-0.05, 0) is 62.3 Å². The van der Waals surface area contributed by atoms with Crippen molar-refractivity contribution in [3.63, 3.8) is 0 Å². The number of aromatic nitrogens is 2. The van der Waals surface area contributed by atoms with Crippen molar-refractivity contribution in [3.05, 3.63) is 84.2 Å². The largest absolute Gasteiger partial charge is 0.491 e. The number of nitrogens with zero attached hydrogens (tertiary/aromatic N) is 3. The summed E-state index contributed by atoms with van der Waals surface area (Å²) in [6.07, 6.45) is 7.70. The van der Waals surface area contributed by atoms with Gasteiger partial charge in [-0.2, -0.15) is 13.2 Å². The maximum atomic E-state index is 12.8. The van der Waals surface area contributed by atoms with Gasteiger partial charge in [-0.3, -0.25) is 9.69 Å². The summed E-state index contributed by atoms with van der Waals surface area (Å²) in [5.41, 5.74) is 1.59. The van der Waals surface area contributed by atoms with Gasteiger partial charge in [0.05, 0.1) is 11.9 Å². The molecule has 2 aliphatic rings. The van der Waals surface area contributed by atoms with Gasteiger partial charge in [0, 0.05) is 74.8 Å². The summed E-state index contributed by atoms with van der Waals surface area (Å²) in [6.45, 7) is 9.80. The summed E-state index contributed by atoms with van der Waals surface area (Å²) < 4.78 is 44.6. The number of ether oxygens (including phenoxy) is 1. The molecule has 0 bridgehead atoms. The number of benzene rings is 1. The molecule has 0 atom stereocenters. The fraction of sp³-hybridized carbons (Fsp3) is 0.448. The standard InChI is InChI=1S/C29H36F3N5O2/c1-3-26(39-27-12-16-37(17-13-27)25-7-5-22(6-8-25)29(30,31)32)9-4-21(2)28(38)35-23-10-14-36(15-11-23)19-24-18-33-20-34-24/h3-9,18,20,23,27H,2,10-17,19H2,1H3,(H,33,34)(H,35,38)/b9-4-,26-3+. The highest BCUT2D eigenvalue weighted by Gasteiger charge is 2.30. The summed E-state index contributed by atoms with van der Waals surface area (Å²) >= 11 is 0. The highest BCUT2D eigenvalue weighted by Crippen LogP contribution is 2.31. The number of H-pyrrole nitrogens is 1. The van der Waals surface area contributed by atoms with E-state index in [4.69, 9.17) is 4.74 Å². The number of likely N-dealkylation sites (tertiary alicyclic amines) is 1. The predicted molar refractivity (Wildman–Crippen MR) is 145 cm³/mol. The van der Waals surface area contributed by atoms with Crippen molar-refractivity contribution in [1.29, 1.82) is 0 Å². The summed E-state index contributed by atoms with van der Waals surface area (Å²) in [6, 6.07) is 5.40. The Balaban J connectivity index is 1.18. The number of halogens is 3. The fourth-order valence-electron chi connectivity index (χ4n) is 4.87. The first kappa shape index (κ1) is 28.5. The van der Waals surface area contributed by atoms with Crippen LogP contribution in [0.15, 0.2) is 72.9 Å². The maximum absolute atomic E-state index is 12.8. The van der Waals surface area contributed by atoms with E-state index in [0.717, 1.165) is 68.8 Å². The number of hydrogen-bond acceptors (Lipinski definition) is 5. The number of anilines is 1. The highest BCUT2D eigenvalue weighted by molar-refractivity contribution is 5.95. The molecule has 3 heterocycles. The average Bonchev–Trinajstić information content (AvgIpc) is 3.45. The van der Waals surface area contributed by atoms with Crippen LogP contribution < -0.4 is 10.2 Å². The van der Waals surface area contributed by atoms with Crippen LogP contribution in [-0.2, 0) is 22.3 Å². The van der Waals surface area contributed by atoms with Crippen molar-refractivity contribution in [2.45, 2.75) is 57.5 Å². The van der Waals surface area contributed by atoms with E-state index in [1.807, 2.05) is 19.2 Å². The highest BCUT2D eigenvalue weighted by atomic mass is 19.4. The molecule has 7 nitrogen and oxygen atoms in total. The maximum Gasteiger partial charge on any atom is 0.416 e. The minimum absolute atomic E-state index is 0.0133. The van der Waals surface area contributed by atoms with Crippen molar-refractivity contribution in [2.75, 3.05) is 31.1 Å². The predicted octanol–water partition coefficient (Wildman–Crippen LogP) is 5.21. The number of nitrogens with one attached hydrogen (secondary N) is 2. The lowest BCUT2D eigenvalue weighted by molar-refractivity contribution is -0.137. The summed E-state index contributed by atoms with van der Waals surface area (Å²) in [5.74, 6) is 0.475. The Morgan fingerprint density at radius 1 is 1.13 bits per heavy atom. The molecule has 1 amide bonds. The Bertz CT molecular complexity index is 1140. The number of alkyl halides is 3. The Kier molecular flexibility index (Phi) is 9.50. The Hall–Kier alpha value is -3.53. The number of hydrogen-bond donors (Lipinski definition) is 2. The number of carbonyl (C=O) groups is 1. The van der Waals surface area contributed by atoms with Gasteiger partial charge in [0.2, 0.25) is 0 Å². The molecule has 0 unspecified atom stereocenters. The molecule has 0 spiro atoms. The molecule has 0 radical (unpaired) electrons. The first-order chi connectivity index (χ1) is 18.7. The topological polar surface area (TPSA) is 73.5 Å². The molecule has 39 heavy (non-hydrogen) atoms. The van der Waals surface area contributed by atoms with Crippen LogP contribution in [0.2, 0.25) is 0 Å². The number of rotatable bonds is 9. The number of carbonyl (C=O) groups excluding carboxylic acids is 1. The molecule has 4 rings (SSSR count). The van der Waals surface area contributed by atoms with E-state index in [0.29, 0.717) is 24.4 Å². The third-order valence-corrected chi connectivity index (χ3v) is 7.20. The van der Waals surface area contributed by atoms with Crippen LogP contribution in [0.1, 0.15) is 43.9 Å². The first-order valence-corrected chi connectivity index (χ1v) is 13.3. The molecule has 2 aromatic rings. The van der Waals surface area contributed by atoms with Gasteiger partial charge in [-0.25, -0.2) is 4.98 Å². The zero-order valence-electron chi connectivity index (χ0n) is 22.2. The monoisotopic (exact) mass is 543 g/mol. The Morgan fingerprint density at radius 3 is 2.41 bits per heavy atom. The second-order valence-corrected chi connectivity index (χ2v) is 10.00. The smallest absolute Gasteiger partial charge is 0.416 e. The quantitative estimate of drug-likeness (QED) is 0.258. The van der Waals surface area contributed by atoms with Crippen molar-refractivity contribution in [2.24, 2.45) is 0 Å². The summed E-state index contributed by atoms with van der Waals surface area (Å²) in [7, 11) is 0. The molecule has 2 aliphatic heterocycles. The minimum atomic E-state index is -4.33. The Labute approximate surface area is 227 Å². The number of allylic oxidation sites excluding steroid dienone is 2. The van der Waals surface area contributed by atoms with Crippen LogP contribution in [0.3, 0.4) is 0 Å². The number of aromatic amines is 1. The van der Waals surface area contributed by atoms with Crippen molar-refractivity contribution >= 4 is 11.6 Å². The first-order valence-electron chi connectivity index (χ1n) is 13.3. The number of piperidine rings is 2. The zero-order valence-corrected chi connectivity index (χ0v) is 22.2.